The molecule has 1 aliphatic carbocycles. The summed E-state index contributed by atoms with van der Waals surface area (Å²) >= 11 is 12.3. The molecule has 1 unspecified atom stereocenters. The van der Waals surface area contributed by atoms with Crippen molar-refractivity contribution in [3.63, 3.8) is 0 Å². The van der Waals surface area contributed by atoms with Gasteiger partial charge >= 0.3 is 0 Å². The number of benzene rings is 3. The molecule has 0 saturated heterocycles. The lowest BCUT2D eigenvalue weighted by Crippen LogP contribution is -2.50. The van der Waals surface area contributed by atoms with Gasteiger partial charge in [-0.1, -0.05) is 47.5 Å². The van der Waals surface area contributed by atoms with E-state index in [1.54, 1.807) is 60.7 Å². The monoisotopic (exact) mass is 610 g/mol. The number of hydrogen-bond donors (Lipinski definition) is 2. The molecule has 1 fully saturated rings. The number of halogens is 2. The molecule has 0 aromatic heterocycles. The number of amides is 2. The number of fused-ring (bicyclic) bond motifs is 1. The highest BCUT2D eigenvalue weighted by Gasteiger charge is 2.55. The highest BCUT2D eigenvalue weighted by molar-refractivity contribution is 6.31. The Morgan fingerprint density at radius 1 is 1.00 bits per heavy atom. The maximum atomic E-state index is 14.3. The van der Waals surface area contributed by atoms with Gasteiger partial charge in [-0.15, -0.1) is 0 Å². The Morgan fingerprint density at radius 2 is 1.60 bits per heavy atom. The largest absolute Gasteiger partial charge is 0.396 e. The Morgan fingerprint density at radius 3 is 2.14 bits per heavy atom. The number of aliphatic hydroxyl groups excluding tert-OH is 1. The van der Waals surface area contributed by atoms with Crippen molar-refractivity contribution in [1.29, 1.82) is 0 Å². The molecular weight excluding hydrogens is 579 g/mol. The average Bonchev–Trinajstić information content (AvgIpc) is 3.73. The third-order valence-corrected chi connectivity index (χ3v) is 8.71. The van der Waals surface area contributed by atoms with E-state index >= 15 is 0 Å². The van der Waals surface area contributed by atoms with E-state index in [1.165, 1.54) is 36.9 Å². The van der Waals surface area contributed by atoms with E-state index in [0.717, 1.165) is 12.8 Å². The molecular formula is C32H32Cl2N2O6. The second-order valence-corrected chi connectivity index (χ2v) is 12.3. The smallest absolute Gasteiger partial charge is 0.258 e. The molecule has 0 radical (unpaired) electrons. The molecule has 1 aliphatic heterocycles. The Kier molecular flexibility index (Phi) is 7.98. The number of likely N-dealkylation sites (N-methyl/N-ethyl adjacent to an activating group) is 1. The fourth-order valence-corrected chi connectivity index (χ4v) is 5.63. The van der Waals surface area contributed by atoms with Gasteiger partial charge in [0.05, 0.1) is 19.8 Å². The molecule has 5 rings (SSSR count). The lowest BCUT2D eigenvalue weighted by Gasteiger charge is -2.40. The van der Waals surface area contributed by atoms with Gasteiger partial charge in [0.25, 0.3) is 11.8 Å². The predicted molar refractivity (Wildman–Crippen MR) is 158 cm³/mol. The standard InChI is InChI=1S/C32H32Cl2N2O6/c1-30(41,29(40)35(2)3)22-8-13-26-25(16-22)28(39)36(17-27(38)20-4-9-23(33)10-5-20)32(26,21-6-11-24(34)12-7-21)42-19-31(18-37)14-15-31/h4-13,16,37,41H,14-15,17-19H2,1-3H3/t30?,32-/m1/s1. The number of ketones is 1. The summed E-state index contributed by atoms with van der Waals surface area (Å²) in [6.07, 6.45) is 1.53. The third kappa shape index (κ3) is 5.23. The van der Waals surface area contributed by atoms with Gasteiger partial charge in [-0.3, -0.25) is 19.3 Å². The van der Waals surface area contributed by atoms with Crippen molar-refractivity contribution < 1.29 is 29.3 Å². The lowest BCUT2D eigenvalue weighted by atomic mass is 9.88. The van der Waals surface area contributed by atoms with Gasteiger partial charge in [-0.25, -0.2) is 0 Å². The molecule has 2 aliphatic rings. The first-order valence-corrected chi connectivity index (χ1v) is 14.3. The van der Waals surface area contributed by atoms with Crippen molar-refractivity contribution in [2.24, 2.45) is 5.41 Å². The summed E-state index contributed by atoms with van der Waals surface area (Å²) in [6, 6.07) is 18.0. The van der Waals surface area contributed by atoms with E-state index in [2.05, 4.69) is 0 Å². The zero-order chi connectivity index (χ0) is 30.4. The molecule has 2 N–H and O–H groups in total. The maximum absolute atomic E-state index is 14.3. The second-order valence-electron chi connectivity index (χ2n) is 11.5. The number of hydrogen-bond acceptors (Lipinski definition) is 6. The van der Waals surface area contributed by atoms with Crippen LogP contribution in [0.15, 0.2) is 66.7 Å². The molecule has 0 bridgehead atoms. The van der Waals surface area contributed by atoms with Crippen LogP contribution in [-0.4, -0.2) is 71.5 Å². The molecule has 3 aromatic rings. The van der Waals surface area contributed by atoms with E-state index in [9.17, 15) is 24.6 Å². The number of aliphatic hydroxyl groups is 2. The number of carbonyl (C=O) groups excluding carboxylic acids is 3. The first-order valence-electron chi connectivity index (χ1n) is 13.6. The molecule has 2 atom stereocenters. The van der Waals surface area contributed by atoms with Crippen LogP contribution in [0.2, 0.25) is 10.0 Å². The Balaban J connectivity index is 1.68. The molecule has 220 valence electrons. The lowest BCUT2D eigenvalue weighted by molar-refractivity contribution is -0.147. The van der Waals surface area contributed by atoms with E-state index in [0.29, 0.717) is 26.7 Å². The number of carbonyl (C=O) groups is 3. The zero-order valence-electron chi connectivity index (χ0n) is 23.6. The van der Waals surface area contributed by atoms with Crippen molar-refractivity contribution in [3.8, 4) is 0 Å². The van der Waals surface area contributed by atoms with Gasteiger partial charge in [-0.05, 0) is 67.8 Å². The summed E-state index contributed by atoms with van der Waals surface area (Å²) in [5, 5.41) is 22.2. The van der Waals surface area contributed by atoms with E-state index in [-0.39, 0.29) is 36.7 Å². The predicted octanol–water partition coefficient (Wildman–Crippen LogP) is 4.62. The Hall–Kier alpha value is -3.27. The van der Waals surface area contributed by atoms with Crippen LogP contribution in [0.1, 0.15) is 57.2 Å². The van der Waals surface area contributed by atoms with E-state index in [4.69, 9.17) is 27.9 Å². The molecule has 0 spiro atoms. The number of ether oxygens (including phenoxy) is 1. The second kappa shape index (κ2) is 11.1. The zero-order valence-corrected chi connectivity index (χ0v) is 25.1. The number of Topliss-reactive ketones (excluding diaryl/α,β-unsaturated/α-hetero) is 1. The van der Waals surface area contributed by atoms with Gasteiger partial charge in [0.1, 0.15) is 0 Å². The van der Waals surface area contributed by atoms with Crippen molar-refractivity contribution in [2.45, 2.75) is 31.1 Å². The highest BCUT2D eigenvalue weighted by Crippen LogP contribution is 2.51. The topological polar surface area (TPSA) is 107 Å². The highest BCUT2D eigenvalue weighted by atomic mass is 35.5. The van der Waals surface area contributed by atoms with Crippen molar-refractivity contribution >= 4 is 40.8 Å². The molecule has 42 heavy (non-hydrogen) atoms. The Bertz CT molecular complexity index is 1530. The number of nitrogens with zero attached hydrogens (tertiary/aromatic N) is 2. The van der Waals surface area contributed by atoms with Gasteiger partial charge in [0.2, 0.25) is 0 Å². The minimum absolute atomic E-state index is 0.0807. The van der Waals surface area contributed by atoms with Crippen LogP contribution in [0, 0.1) is 5.41 Å². The van der Waals surface area contributed by atoms with Crippen molar-refractivity contribution in [2.75, 3.05) is 33.9 Å². The maximum Gasteiger partial charge on any atom is 0.258 e. The quantitative estimate of drug-likeness (QED) is 0.324. The van der Waals surface area contributed by atoms with Gasteiger partial charge in [0, 0.05) is 51.8 Å². The van der Waals surface area contributed by atoms with Crippen LogP contribution in [0.5, 0.6) is 0 Å². The Labute approximate surface area is 254 Å². The van der Waals surface area contributed by atoms with Crippen molar-refractivity contribution in [1.82, 2.24) is 9.80 Å². The van der Waals surface area contributed by atoms with Crippen LogP contribution < -0.4 is 0 Å². The summed E-state index contributed by atoms with van der Waals surface area (Å²) in [5.74, 6) is -1.40. The average molecular weight is 612 g/mol. The summed E-state index contributed by atoms with van der Waals surface area (Å²) in [4.78, 5) is 43.4. The summed E-state index contributed by atoms with van der Waals surface area (Å²) in [5.41, 5.74) is -2.14. The molecule has 1 heterocycles. The van der Waals surface area contributed by atoms with Crippen LogP contribution in [-0.2, 0) is 20.9 Å². The molecule has 8 nitrogen and oxygen atoms in total. The van der Waals surface area contributed by atoms with Crippen LogP contribution in [0.25, 0.3) is 0 Å². The molecule has 2 amide bonds. The van der Waals surface area contributed by atoms with E-state index in [1.807, 2.05) is 0 Å². The molecule has 10 heteroatoms. The minimum Gasteiger partial charge on any atom is -0.396 e. The third-order valence-electron chi connectivity index (χ3n) is 8.21. The van der Waals surface area contributed by atoms with Crippen molar-refractivity contribution in [3.05, 3.63) is 105 Å². The summed E-state index contributed by atoms with van der Waals surface area (Å²) in [7, 11) is 3.07. The van der Waals surface area contributed by atoms with Crippen LogP contribution in [0.4, 0.5) is 0 Å². The normalized spacial score (nSPS) is 20.2. The SMILES string of the molecule is CN(C)C(=O)C(C)(O)c1ccc2c(c1)C(=O)N(CC(=O)c1ccc(Cl)cc1)[C@@]2(OCC1(CO)CC1)c1ccc(Cl)cc1. The summed E-state index contributed by atoms with van der Waals surface area (Å²) < 4.78 is 6.70. The molecule has 1 saturated carbocycles. The van der Waals surface area contributed by atoms with Crippen LogP contribution in [0.3, 0.4) is 0 Å². The van der Waals surface area contributed by atoms with Gasteiger partial charge in [0.15, 0.2) is 17.1 Å². The first kappa shape index (κ1) is 30.2. The minimum atomic E-state index is -1.91. The number of rotatable bonds is 10. The fourth-order valence-electron chi connectivity index (χ4n) is 5.37. The fraction of sp³-hybridized carbons (Fsp3) is 0.344. The first-order chi connectivity index (χ1) is 19.8. The van der Waals surface area contributed by atoms with Crippen LogP contribution >= 0.6 is 23.2 Å². The summed E-state index contributed by atoms with van der Waals surface area (Å²) in [6.45, 7) is 1.08. The molecule has 3 aromatic carbocycles. The van der Waals surface area contributed by atoms with E-state index < -0.39 is 28.6 Å². The van der Waals surface area contributed by atoms with Gasteiger partial charge in [-0.2, -0.15) is 0 Å². The van der Waals surface area contributed by atoms with Gasteiger partial charge < -0.3 is 19.8 Å².